The Morgan fingerprint density at radius 1 is 0.974 bits per heavy atom. The fourth-order valence-corrected chi connectivity index (χ4v) is 5.07. The third-order valence-corrected chi connectivity index (χ3v) is 7.02. The zero-order valence-corrected chi connectivity index (χ0v) is 22.2. The number of oxime groups is 1. The van der Waals surface area contributed by atoms with Gasteiger partial charge >= 0.3 is 5.97 Å². The highest BCUT2D eigenvalue weighted by Crippen LogP contribution is 2.32. The number of ether oxygens (including phenoxy) is 2. The highest BCUT2D eigenvalue weighted by Gasteiger charge is 2.19. The summed E-state index contributed by atoms with van der Waals surface area (Å²) in [5.41, 5.74) is 5.69. The first-order valence-electron chi connectivity index (χ1n) is 13.1. The molecule has 0 spiro atoms. The summed E-state index contributed by atoms with van der Waals surface area (Å²) in [6.07, 6.45) is 2.81. The largest absolute Gasteiger partial charge is 0.465 e. The van der Waals surface area contributed by atoms with E-state index in [1.807, 2.05) is 61.5 Å². The van der Waals surface area contributed by atoms with Crippen LogP contribution in [0.15, 0.2) is 59.8 Å². The van der Waals surface area contributed by atoms with E-state index in [0.29, 0.717) is 22.6 Å². The van der Waals surface area contributed by atoms with E-state index in [0.717, 1.165) is 65.3 Å². The van der Waals surface area contributed by atoms with Crippen molar-refractivity contribution in [2.24, 2.45) is 5.16 Å². The highest BCUT2D eigenvalue weighted by atomic mass is 16.7. The quantitative estimate of drug-likeness (QED) is 0.121. The highest BCUT2D eigenvalue weighted by molar-refractivity contribution is 6.16. The van der Waals surface area contributed by atoms with Gasteiger partial charge in [0.15, 0.2) is 12.1 Å². The lowest BCUT2D eigenvalue weighted by Crippen LogP contribution is -2.25. The predicted octanol–water partition coefficient (Wildman–Crippen LogP) is 6.55. The van der Waals surface area contributed by atoms with E-state index in [1.54, 1.807) is 6.92 Å². The molecule has 1 fully saturated rings. The first kappa shape index (κ1) is 25.7. The Balaban J connectivity index is 1.50. The maximum atomic E-state index is 13.6. The lowest BCUT2D eigenvalue weighted by atomic mass is 9.97. The van der Waals surface area contributed by atoms with Crippen LogP contribution in [0.5, 0.6) is 5.75 Å². The maximum absolute atomic E-state index is 13.6. The normalized spacial score (nSPS) is 16.1. The van der Waals surface area contributed by atoms with Crippen LogP contribution in [-0.2, 0) is 20.9 Å². The molecule has 1 aromatic heterocycles. The zero-order valence-electron chi connectivity index (χ0n) is 22.2. The van der Waals surface area contributed by atoms with Crippen molar-refractivity contribution in [1.82, 2.24) is 4.57 Å². The van der Waals surface area contributed by atoms with Gasteiger partial charge in [0.1, 0.15) is 5.75 Å². The van der Waals surface area contributed by atoms with Gasteiger partial charge in [-0.25, -0.2) is 4.79 Å². The van der Waals surface area contributed by atoms with Gasteiger partial charge in [-0.2, -0.15) is 0 Å². The second-order valence-corrected chi connectivity index (χ2v) is 9.69. The van der Waals surface area contributed by atoms with Crippen molar-refractivity contribution in [3.05, 3.63) is 76.9 Å². The number of carbonyl (C=O) groups excluding carboxylic acids is 2. The molecule has 1 aliphatic rings. The standard InChI is InChI=1S/C31H32N2O5/c1-5-33-28-13-9-22(20(3)32-38-21(4)34)17-26(28)27-18-23(10-14-29(27)33)31(35)25-12-11-24(16-19(25)2)37-30-8-6-7-15-36-30/h9-14,16-18,30H,5-8,15H2,1-4H3/b32-20+. The maximum Gasteiger partial charge on any atom is 0.331 e. The molecule has 0 bridgehead atoms. The van der Waals surface area contributed by atoms with Gasteiger partial charge in [0.2, 0.25) is 0 Å². The summed E-state index contributed by atoms with van der Waals surface area (Å²) in [7, 11) is 0. The molecule has 5 rings (SSSR count). The Hall–Kier alpha value is -3.97. The Bertz CT molecular complexity index is 1560. The molecule has 0 amide bonds. The van der Waals surface area contributed by atoms with Crippen molar-refractivity contribution in [1.29, 1.82) is 0 Å². The van der Waals surface area contributed by atoms with Crippen molar-refractivity contribution in [3.8, 4) is 5.75 Å². The van der Waals surface area contributed by atoms with Crippen LogP contribution in [-0.4, -0.2) is 34.9 Å². The number of rotatable bonds is 7. The molecular weight excluding hydrogens is 480 g/mol. The third kappa shape index (κ3) is 5.07. The zero-order chi connectivity index (χ0) is 26.8. The Labute approximate surface area is 222 Å². The van der Waals surface area contributed by atoms with Crippen LogP contribution in [0.4, 0.5) is 0 Å². The number of benzene rings is 3. The molecule has 1 saturated heterocycles. The first-order valence-corrected chi connectivity index (χ1v) is 13.1. The van der Waals surface area contributed by atoms with Crippen LogP contribution in [0.3, 0.4) is 0 Å². The minimum absolute atomic E-state index is 0.0361. The average Bonchev–Trinajstić information content (AvgIpc) is 3.24. The molecule has 7 heteroatoms. The Morgan fingerprint density at radius 2 is 1.68 bits per heavy atom. The van der Waals surface area contributed by atoms with Gasteiger partial charge < -0.3 is 18.9 Å². The molecule has 38 heavy (non-hydrogen) atoms. The first-order chi connectivity index (χ1) is 18.4. The summed E-state index contributed by atoms with van der Waals surface area (Å²) in [6, 6.07) is 17.5. The van der Waals surface area contributed by atoms with Gasteiger partial charge in [-0.05, 0) is 93.3 Å². The Morgan fingerprint density at radius 3 is 2.32 bits per heavy atom. The predicted molar refractivity (Wildman–Crippen MR) is 148 cm³/mol. The van der Waals surface area contributed by atoms with Gasteiger partial charge in [-0.3, -0.25) is 4.79 Å². The molecular formula is C31H32N2O5. The summed E-state index contributed by atoms with van der Waals surface area (Å²) < 4.78 is 13.9. The van der Waals surface area contributed by atoms with Crippen molar-refractivity contribution in [2.45, 2.75) is 59.8 Å². The number of aryl methyl sites for hydroxylation is 2. The van der Waals surface area contributed by atoms with Crippen LogP contribution >= 0.6 is 0 Å². The van der Waals surface area contributed by atoms with Gasteiger partial charge in [0.05, 0.1) is 12.3 Å². The van der Waals surface area contributed by atoms with E-state index in [1.165, 1.54) is 6.92 Å². The SMILES string of the molecule is CCn1c2ccc(C(=O)c3ccc(OC4CCCCO4)cc3C)cc2c2cc(/C(C)=N/OC(C)=O)ccc21. The fourth-order valence-electron chi connectivity index (χ4n) is 5.07. The molecule has 3 aromatic carbocycles. The molecule has 0 radical (unpaired) electrons. The number of ketones is 1. The Kier molecular flexibility index (Phi) is 7.29. The molecule has 196 valence electrons. The second kappa shape index (κ2) is 10.8. The number of hydrogen-bond donors (Lipinski definition) is 0. The summed E-state index contributed by atoms with van der Waals surface area (Å²) in [6.45, 7) is 8.66. The van der Waals surface area contributed by atoms with Crippen molar-refractivity contribution >= 4 is 39.3 Å². The summed E-state index contributed by atoms with van der Waals surface area (Å²) >= 11 is 0. The number of nitrogens with zero attached hydrogens (tertiary/aromatic N) is 2. The lowest BCUT2D eigenvalue weighted by molar-refractivity contribution is -0.140. The van der Waals surface area contributed by atoms with Gasteiger partial charge in [-0.1, -0.05) is 11.2 Å². The average molecular weight is 513 g/mol. The molecule has 0 aliphatic carbocycles. The minimum Gasteiger partial charge on any atom is -0.465 e. The van der Waals surface area contributed by atoms with E-state index in [2.05, 4.69) is 16.6 Å². The summed E-state index contributed by atoms with van der Waals surface area (Å²) in [5, 5.41) is 5.94. The van der Waals surface area contributed by atoms with E-state index in [-0.39, 0.29) is 12.1 Å². The smallest absolute Gasteiger partial charge is 0.331 e. The molecule has 7 nitrogen and oxygen atoms in total. The van der Waals surface area contributed by atoms with Gasteiger partial charge in [-0.15, -0.1) is 0 Å². The van der Waals surface area contributed by atoms with Crippen molar-refractivity contribution in [3.63, 3.8) is 0 Å². The second-order valence-electron chi connectivity index (χ2n) is 9.69. The minimum atomic E-state index is -0.464. The number of carbonyl (C=O) groups is 2. The van der Waals surface area contributed by atoms with Crippen molar-refractivity contribution in [2.75, 3.05) is 6.61 Å². The van der Waals surface area contributed by atoms with Gasteiger partial charge in [0, 0.05) is 52.8 Å². The molecule has 0 N–H and O–H groups in total. The molecule has 1 unspecified atom stereocenters. The number of hydrogen-bond acceptors (Lipinski definition) is 6. The van der Waals surface area contributed by atoms with E-state index in [4.69, 9.17) is 14.3 Å². The van der Waals surface area contributed by atoms with Crippen LogP contribution in [0.2, 0.25) is 0 Å². The van der Waals surface area contributed by atoms with Crippen LogP contribution in [0.25, 0.3) is 21.8 Å². The fraction of sp³-hybridized carbons (Fsp3) is 0.323. The van der Waals surface area contributed by atoms with Crippen LogP contribution < -0.4 is 4.74 Å². The molecule has 2 heterocycles. The van der Waals surface area contributed by atoms with Crippen LogP contribution in [0, 0.1) is 6.92 Å². The third-order valence-electron chi connectivity index (χ3n) is 7.02. The number of aromatic nitrogens is 1. The summed E-state index contributed by atoms with van der Waals surface area (Å²) in [4.78, 5) is 29.6. The summed E-state index contributed by atoms with van der Waals surface area (Å²) in [5.74, 6) is 0.213. The van der Waals surface area contributed by atoms with Crippen LogP contribution in [0.1, 0.15) is 67.1 Å². The van der Waals surface area contributed by atoms with Crippen molar-refractivity contribution < 1.29 is 23.9 Å². The lowest BCUT2D eigenvalue weighted by Gasteiger charge is -2.23. The molecule has 4 aromatic rings. The number of fused-ring (bicyclic) bond motifs is 3. The molecule has 1 atom stereocenters. The van der Waals surface area contributed by atoms with E-state index >= 15 is 0 Å². The topological polar surface area (TPSA) is 79.1 Å². The monoisotopic (exact) mass is 512 g/mol. The molecule has 1 aliphatic heterocycles. The van der Waals surface area contributed by atoms with Gasteiger partial charge in [0.25, 0.3) is 0 Å². The van der Waals surface area contributed by atoms with E-state index < -0.39 is 5.97 Å². The van der Waals surface area contributed by atoms with E-state index in [9.17, 15) is 9.59 Å². The molecule has 0 saturated carbocycles.